The van der Waals surface area contributed by atoms with Gasteiger partial charge in [-0.25, -0.2) is 0 Å². The van der Waals surface area contributed by atoms with Crippen molar-refractivity contribution in [3.63, 3.8) is 0 Å². The molecule has 0 aromatic carbocycles. The molecule has 1 atom stereocenters. The highest BCUT2D eigenvalue weighted by Crippen LogP contribution is 2.12. The van der Waals surface area contributed by atoms with Gasteiger partial charge < -0.3 is 10.2 Å². The van der Waals surface area contributed by atoms with Gasteiger partial charge in [-0.2, -0.15) is 0 Å². The van der Waals surface area contributed by atoms with Crippen molar-refractivity contribution in [2.45, 2.75) is 6.04 Å². The normalized spacial score (nSPS) is 28.7. The van der Waals surface area contributed by atoms with Gasteiger partial charge in [-0.05, 0) is 0 Å². The van der Waals surface area contributed by atoms with Gasteiger partial charge in [-0.1, -0.05) is 6.08 Å². The molecule has 14 heavy (non-hydrogen) atoms. The summed E-state index contributed by atoms with van der Waals surface area (Å²) in [5.74, 6) is 0.268. The topological polar surface area (TPSA) is 35.6 Å². The number of carbonyl (C=O) groups excluding carboxylic acids is 1. The van der Waals surface area contributed by atoms with Gasteiger partial charge in [-0.3, -0.25) is 9.69 Å². The molecule has 2 aliphatic heterocycles. The highest BCUT2D eigenvalue weighted by Gasteiger charge is 2.33. The Balaban J connectivity index is 2.00. The van der Waals surface area contributed by atoms with Crippen LogP contribution >= 0.6 is 0 Å². The molecule has 4 nitrogen and oxygen atoms in total. The molecular formula is C10H17N3O. The smallest absolute Gasteiger partial charge is 0.237 e. The van der Waals surface area contributed by atoms with E-state index in [0.717, 1.165) is 32.7 Å². The molecule has 78 valence electrons. The highest BCUT2D eigenvalue weighted by atomic mass is 16.2. The largest absolute Gasteiger partial charge is 0.335 e. The summed E-state index contributed by atoms with van der Waals surface area (Å²) in [6.45, 7) is 8.78. The summed E-state index contributed by atoms with van der Waals surface area (Å²) < 4.78 is 0. The van der Waals surface area contributed by atoms with Gasteiger partial charge in [0.2, 0.25) is 5.91 Å². The Bertz CT molecular complexity index is 242. The van der Waals surface area contributed by atoms with Crippen molar-refractivity contribution >= 4 is 5.91 Å². The van der Waals surface area contributed by atoms with E-state index < -0.39 is 0 Å². The summed E-state index contributed by atoms with van der Waals surface area (Å²) in [4.78, 5) is 15.9. The van der Waals surface area contributed by atoms with Crippen LogP contribution in [-0.4, -0.2) is 61.0 Å². The van der Waals surface area contributed by atoms with Crippen LogP contribution in [0.25, 0.3) is 0 Å². The van der Waals surface area contributed by atoms with E-state index in [0.29, 0.717) is 12.6 Å². The lowest BCUT2D eigenvalue weighted by Gasteiger charge is -2.43. The monoisotopic (exact) mass is 195 g/mol. The highest BCUT2D eigenvalue weighted by molar-refractivity contribution is 5.79. The molecule has 4 heteroatoms. The van der Waals surface area contributed by atoms with E-state index in [1.165, 1.54) is 0 Å². The van der Waals surface area contributed by atoms with E-state index >= 15 is 0 Å². The third-order valence-corrected chi connectivity index (χ3v) is 2.89. The number of piperazine rings is 2. The first kappa shape index (κ1) is 9.68. The van der Waals surface area contributed by atoms with Crippen molar-refractivity contribution in [3.05, 3.63) is 12.7 Å². The zero-order valence-electron chi connectivity index (χ0n) is 8.41. The number of hydrogen-bond acceptors (Lipinski definition) is 3. The molecule has 1 amide bonds. The lowest BCUT2D eigenvalue weighted by atomic mass is 10.1. The van der Waals surface area contributed by atoms with Crippen molar-refractivity contribution < 1.29 is 4.79 Å². The number of hydrogen-bond donors (Lipinski definition) is 1. The molecule has 2 rings (SSSR count). The number of nitrogens with one attached hydrogen (secondary N) is 1. The molecule has 2 fully saturated rings. The predicted octanol–water partition coefficient (Wildman–Crippen LogP) is -0.712. The Morgan fingerprint density at radius 2 is 2.50 bits per heavy atom. The minimum Gasteiger partial charge on any atom is -0.335 e. The molecule has 2 aliphatic rings. The van der Waals surface area contributed by atoms with E-state index in [2.05, 4.69) is 16.8 Å². The molecule has 0 aliphatic carbocycles. The molecule has 0 spiro atoms. The van der Waals surface area contributed by atoms with Crippen molar-refractivity contribution in [2.75, 3.05) is 39.3 Å². The number of carbonyl (C=O) groups is 1. The van der Waals surface area contributed by atoms with Crippen LogP contribution in [0, 0.1) is 0 Å². The van der Waals surface area contributed by atoms with E-state index in [1.807, 2.05) is 11.0 Å². The van der Waals surface area contributed by atoms with Gasteiger partial charge in [0.1, 0.15) is 0 Å². The summed E-state index contributed by atoms with van der Waals surface area (Å²) in [6, 6.07) is 0.366. The van der Waals surface area contributed by atoms with Gasteiger partial charge in [0.25, 0.3) is 0 Å². The zero-order valence-corrected chi connectivity index (χ0v) is 8.41. The molecule has 0 aromatic rings. The molecular weight excluding hydrogens is 178 g/mol. The number of fused-ring (bicyclic) bond motifs is 1. The molecule has 0 bridgehead atoms. The van der Waals surface area contributed by atoms with Crippen molar-refractivity contribution in [1.82, 2.24) is 15.1 Å². The first-order valence-electron chi connectivity index (χ1n) is 5.14. The number of nitrogens with zero attached hydrogens (tertiary/aromatic N) is 2. The molecule has 1 N–H and O–H groups in total. The van der Waals surface area contributed by atoms with Crippen LogP contribution < -0.4 is 5.32 Å². The Morgan fingerprint density at radius 3 is 3.29 bits per heavy atom. The maximum Gasteiger partial charge on any atom is 0.237 e. The van der Waals surface area contributed by atoms with E-state index in [-0.39, 0.29) is 5.91 Å². The third kappa shape index (κ3) is 1.81. The van der Waals surface area contributed by atoms with Crippen molar-refractivity contribution in [3.8, 4) is 0 Å². The maximum absolute atomic E-state index is 11.7. The first-order valence-corrected chi connectivity index (χ1v) is 5.14. The Labute approximate surface area is 84.6 Å². The van der Waals surface area contributed by atoms with Gasteiger partial charge in [-0.15, -0.1) is 6.58 Å². The standard InChI is InChI=1S/C10H17N3O/c1-2-4-12-7-9-6-11-3-5-13(9)10(14)8-12/h2,9,11H,1,3-8H2. The van der Waals surface area contributed by atoms with Crippen LogP contribution in [0.15, 0.2) is 12.7 Å². The molecule has 0 radical (unpaired) electrons. The Kier molecular flexibility index (Phi) is 2.84. The first-order chi connectivity index (χ1) is 6.81. The molecule has 2 heterocycles. The average Bonchev–Trinajstić information content (AvgIpc) is 2.18. The average molecular weight is 195 g/mol. The zero-order chi connectivity index (χ0) is 9.97. The lowest BCUT2D eigenvalue weighted by Crippen LogP contribution is -2.63. The minimum atomic E-state index is 0.268. The number of amides is 1. The van der Waals surface area contributed by atoms with Crippen LogP contribution in [-0.2, 0) is 4.79 Å². The number of rotatable bonds is 2. The fraction of sp³-hybridized carbons (Fsp3) is 0.700. The van der Waals surface area contributed by atoms with E-state index in [4.69, 9.17) is 0 Å². The van der Waals surface area contributed by atoms with E-state index in [9.17, 15) is 4.79 Å². The lowest BCUT2D eigenvalue weighted by molar-refractivity contribution is -0.140. The summed E-state index contributed by atoms with van der Waals surface area (Å²) in [6.07, 6.45) is 1.86. The predicted molar refractivity (Wildman–Crippen MR) is 55.0 cm³/mol. The summed E-state index contributed by atoms with van der Waals surface area (Å²) in [7, 11) is 0. The van der Waals surface area contributed by atoms with Gasteiger partial charge in [0.15, 0.2) is 0 Å². The summed E-state index contributed by atoms with van der Waals surface area (Å²) in [5.41, 5.74) is 0. The quantitative estimate of drug-likeness (QED) is 0.591. The molecule has 0 saturated carbocycles. The fourth-order valence-corrected chi connectivity index (χ4v) is 2.22. The molecule has 1 unspecified atom stereocenters. The van der Waals surface area contributed by atoms with E-state index in [1.54, 1.807) is 0 Å². The van der Waals surface area contributed by atoms with Crippen molar-refractivity contribution in [1.29, 1.82) is 0 Å². The Hall–Kier alpha value is -0.870. The minimum absolute atomic E-state index is 0.268. The second-order valence-corrected chi connectivity index (χ2v) is 3.93. The van der Waals surface area contributed by atoms with Gasteiger partial charge >= 0.3 is 0 Å². The van der Waals surface area contributed by atoms with Crippen molar-refractivity contribution in [2.24, 2.45) is 0 Å². The Morgan fingerprint density at radius 1 is 1.64 bits per heavy atom. The van der Waals surface area contributed by atoms with Gasteiger partial charge in [0, 0.05) is 32.7 Å². The van der Waals surface area contributed by atoms with Crippen LogP contribution in [0.1, 0.15) is 0 Å². The fourth-order valence-electron chi connectivity index (χ4n) is 2.22. The SMILES string of the molecule is C=CCN1CC(=O)N2CCNCC2C1. The molecule has 2 saturated heterocycles. The molecule has 0 aromatic heterocycles. The van der Waals surface area contributed by atoms with Crippen LogP contribution in [0.5, 0.6) is 0 Å². The summed E-state index contributed by atoms with van der Waals surface area (Å²) >= 11 is 0. The van der Waals surface area contributed by atoms with Crippen LogP contribution in [0.2, 0.25) is 0 Å². The van der Waals surface area contributed by atoms with Crippen LogP contribution in [0.4, 0.5) is 0 Å². The summed E-state index contributed by atoms with van der Waals surface area (Å²) in [5, 5.41) is 3.32. The second-order valence-electron chi connectivity index (χ2n) is 3.93. The second kappa shape index (κ2) is 4.11. The third-order valence-electron chi connectivity index (χ3n) is 2.89. The maximum atomic E-state index is 11.7. The van der Waals surface area contributed by atoms with Gasteiger partial charge in [0.05, 0.1) is 12.6 Å². The van der Waals surface area contributed by atoms with Crippen LogP contribution in [0.3, 0.4) is 0 Å².